The summed E-state index contributed by atoms with van der Waals surface area (Å²) >= 11 is 0. The van der Waals surface area contributed by atoms with Crippen molar-refractivity contribution in [2.24, 2.45) is 0 Å². The number of hydrogen-bond donors (Lipinski definition) is 0. The van der Waals surface area contributed by atoms with Crippen LogP contribution in [0.5, 0.6) is 0 Å². The predicted molar refractivity (Wildman–Crippen MR) is 131 cm³/mol. The molecular weight excluding hydrogens is 398 g/mol. The summed E-state index contributed by atoms with van der Waals surface area (Å²) in [5, 5.41) is 0. The van der Waals surface area contributed by atoms with E-state index in [2.05, 4.69) is 24.1 Å². The van der Waals surface area contributed by atoms with Crippen molar-refractivity contribution in [2.75, 3.05) is 20.1 Å². The van der Waals surface area contributed by atoms with Gasteiger partial charge in [-0.05, 0) is 88.5 Å². The first kappa shape index (κ1) is 23.7. The van der Waals surface area contributed by atoms with Crippen LogP contribution in [0.25, 0.3) is 12.2 Å². The van der Waals surface area contributed by atoms with Crippen molar-refractivity contribution in [3.05, 3.63) is 82.9 Å². The van der Waals surface area contributed by atoms with Crippen LogP contribution in [-0.4, -0.2) is 42.4 Å². The standard InChI is InChI=1S/C28H33NO3/c1-28(2,3)32-27(31)16-10-22-7-5-21(6-8-22)9-15-26(30)25-13-11-23(12-14-25)24-17-19-29(4)20-18-24/h5-16,24H,17-20H2,1-4H3. The van der Waals surface area contributed by atoms with E-state index < -0.39 is 5.60 Å². The summed E-state index contributed by atoms with van der Waals surface area (Å²) < 4.78 is 5.26. The molecule has 0 bridgehead atoms. The van der Waals surface area contributed by atoms with Crippen molar-refractivity contribution < 1.29 is 14.3 Å². The molecule has 2 aromatic carbocycles. The topological polar surface area (TPSA) is 46.6 Å². The van der Waals surface area contributed by atoms with Crippen molar-refractivity contribution in [1.29, 1.82) is 0 Å². The smallest absolute Gasteiger partial charge is 0.331 e. The van der Waals surface area contributed by atoms with E-state index in [1.54, 1.807) is 12.2 Å². The third kappa shape index (κ3) is 7.31. The summed E-state index contributed by atoms with van der Waals surface area (Å²) in [7, 11) is 2.17. The number of rotatable bonds is 6. The minimum absolute atomic E-state index is 0.00572. The second-order valence-electron chi connectivity index (χ2n) is 9.43. The van der Waals surface area contributed by atoms with E-state index in [1.807, 2.05) is 63.2 Å². The van der Waals surface area contributed by atoms with Crippen LogP contribution in [0.2, 0.25) is 0 Å². The zero-order valence-electron chi connectivity index (χ0n) is 19.5. The summed E-state index contributed by atoms with van der Waals surface area (Å²) in [6.07, 6.45) is 8.91. The molecule has 1 aliphatic heterocycles. The Morgan fingerprint density at radius 2 is 1.41 bits per heavy atom. The number of carbonyl (C=O) groups excluding carboxylic acids is 2. The Hall–Kier alpha value is -2.98. The van der Waals surface area contributed by atoms with Gasteiger partial charge in [0, 0.05) is 11.6 Å². The molecule has 0 unspecified atom stereocenters. The van der Waals surface area contributed by atoms with Gasteiger partial charge in [0.1, 0.15) is 5.60 Å². The number of nitrogens with zero attached hydrogens (tertiary/aromatic N) is 1. The minimum Gasteiger partial charge on any atom is -0.457 e. The number of esters is 1. The fraction of sp³-hybridized carbons (Fsp3) is 0.357. The van der Waals surface area contributed by atoms with Crippen molar-refractivity contribution in [2.45, 2.75) is 45.1 Å². The number of ketones is 1. The molecule has 0 radical (unpaired) electrons. The lowest BCUT2D eigenvalue weighted by atomic mass is 9.89. The molecule has 2 aromatic rings. The van der Waals surface area contributed by atoms with Crippen LogP contribution in [0, 0.1) is 0 Å². The maximum absolute atomic E-state index is 12.6. The maximum atomic E-state index is 12.6. The molecule has 32 heavy (non-hydrogen) atoms. The average molecular weight is 432 g/mol. The third-order valence-electron chi connectivity index (χ3n) is 5.57. The second-order valence-corrected chi connectivity index (χ2v) is 9.43. The molecule has 0 atom stereocenters. The van der Waals surface area contributed by atoms with E-state index in [4.69, 9.17) is 4.74 Å². The molecule has 4 nitrogen and oxygen atoms in total. The average Bonchev–Trinajstić information content (AvgIpc) is 2.76. The molecule has 0 N–H and O–H groups in total. The third-order valence-corrected chi connectivity index (χ3v) is 5.57. The lowest BCUT2D eigenvalue weighted by Crippen LogP contribution is -2.29. The molecule has 1 saturated heterocycles. The highest BCUT2D eigenvalue weighted by Crippen LogP contribution is 2.27. The second kappa shape index (κ2) is 10.6. The van der Waals surface area contributed by atoms with Gasteiger partial charge in [0.05, 0.1) is 0 Å². The van der Waals surface area contributed by atoms with Crippen molar-refractivity contribution in [3.8, 4) is 0 Å². The molecule has 0 spiro atoms. The number of benzene rings is 2. The van der Waals surface area contributed by atoms with Crippen LogP contribution < -0.4 is 0 Å². The number of likely N-dealkylation sites (tertiary alicyclic amines) is 1. The zero-order valence-corrected chi connectivity index (χ0v) is 19.5. The Kier molecular flexibility index (Phi) is 7.81. The van der Waals surface area contributed by atoms with Crippen molar-refractivity contribution in [3.63, 3.8) is 0 Å². The van der Waals surface area contributed by atoms with Crippen molar-refractivity contribution >= 4 is 23.9 Å². The largest absolute Gasteiger partial charge is 0.457 e. The molecule has 168 valence electrons. The Labute approximate surface area is 191 Å². The minimum atomic E-state index is -0.504. The van der Waals surface area contributed by atoms with Crippen LogP contribution in [0.4, 0.5) is 0 Å². The van der Waals surface area contributed by atoms with Gasteiger partial charge >= 0.3 is 5.97 Å². The summed E-state index contributed by atoms with van der Waals surface area (Å²) in [6.45, 7) is 7.77. The van der Waals surface area contributed by atoms with E-state index in [1.165, 1.54) is 24.5 Å². The van der Waals surface area contributed by atoms with E-state index in [0.29, 0.717) is 11.5 Å². The zero-order chi connectivity index (χ0) is 23.1. The van der Waals surface area contributed by atoms with Crippen molar-refractivity contribution in [1.82, 2.24) is 4.90 Å². The number of hydrogen-bond acceptors (Lipinski definition) is 4. The Balaban J connectivity index is 1.55. The van der Waals surface area contributed by atoms with Gasteiger partial charge in [-0.15, -0.1) is 0 Å². The van der Waals surface area contributed by atoms with Gasteiger partial charge in [0.25, 0.3) is 0 Å². The normalized spacial score (nSPS) is 16.0. The summed E-state index contributed by atoms with van der Waals surface area (Å²) in [5.41, 5.74) is 3.35. The maximum Gasteiger partial charge on any atom is 0.331 e. The number of allylic oxidation sites excluding steroid dienone is 1. The molecule has 1 fully saturated rings. The van der Waals surface area contributed by atoms with Gasteiger partial charge in [-0.25, -0.2) is 4.79 Å². The molecule has 3 rings (SSSR count). The molecule has 1 aliphatic rings. The Bertz CT molecular complexity index is 971. The van der Waals surface area contributed by atoms with Gasteiger partial charge in [0.15, 0.2) is 5.78 Å². The molecule has 0 amide bonds. The summed E-state index contributed by atoms with van der Waals surface area (Å²) in [6, 6.07) is 15.7. The van der Waals surface area contributed by atoms with Crippen LogP contribution in [0.1, 0.15) is 66.6 Å². The number of carbonyl (C=O) groups is 2. The highest BCUT2D eigenvalue weighted by atomic mass is 16.6. The fourth-order valence-electron chi connectivity index (χ4n) is 3.75. The molecule has 4 heteroatoms. The number of piperidine rings is 1. The highest BCUT2D eigenvalue weighted by molar-refractivity contribution is 6.06. The molecule has 0 aliphatic carbocycles. The van der Waals surface area contributed by atoms with Crippen LogP contribution in [0.15, 0.2) is 60.7 Å². The van der Waals surface area contributed by atoms with Crippen LogP contribution in [0.3, 0.4) is 0 Å². The SMILES string of the molecule is CN1CCC(c2ccc(C(=O)C=Cc3ccc(C=CC(=O)OC(C)(C)C)cc3)cc2)CC1. The number of ether oxygens (including phenoxy) is 1. The first-order valence-electron chi connectivity index (χ1n) is 11.2. The summed E-state index contributed by atoms with van der Waals surface area (Å²) in [5.74, 6) is 0.219. The van der Waals surface area contributed by atoms with Crippen LogP contribution in [-0.2, 0) is 9.53 Å². The Morgan fingerprint density at radius 1 is 0.875 bits per heavy atom. The van der Waals surface area contributed by atoms with Crippen LogP contribution >= 0.6 is 0 Å². The van der Waals surface area contributed by atoms with Gasteiger partial charge < -0.3 is 9.64 Å². The summed E-state index contributed by atoms with van der Waals surface area (Å²) in [4.78, 5) is 26.7. The monoisotopic (exact) mass is 431 g/mol. The van der Waals surface area contributed by atoms with Gasteiger partial charge in [0.2, 0.25) is 0 Å². The molecule has 0 saturated carbocycles. The molecular formula is C28H33NO3. The fourth-order valence-corrected chi connectivity index (χ4v) is 3.75. The lowest BCUT2D eigenvalue weighted by molar-refractivity contribution is -0.148. The van der Waals surface area contributed by atoms with Gasteiger partial charge in [-0.1, -0.05) is 54.6 Å². The first-order chi connectivity index (χ1) is 15.2. The van der Waals surface area contributed by atoms with E-state index in [-0.39, 0.29) is 11.8 Å². The van der Waals surface area contributed by atoms with E-state index in [9.17, 15) is 9.59 Å². The van der Waals surface area contributed by atoms with E-state index >= 15 is 0 Å². The Morgan fingerprint density at radius 3 is 1.94 bits per heavy atom. The highest BCUT2D eigenvalue weighted by Gasteiger charge is 2.18. The van der Waals surface area contributed by atoms with Gasteiger partial charge in [-0.3, -0.25) is 4.79 Å². The quantitative estimate of drug-likeness (QED) is 0.332. The van der Waals surface area contributed by atoms with Gasteiger partial charge in [-0.2, -0.15) is 0 Å². The predicted octanol–water partition coefficient (Wildman–Crippen LogP) is 5.75. The molecule has 1 heterocycles. The van der Waals surface area contributed by atoms with E-state index in [0.717, 1.165) is 24.2 Å². The lowest BCUT2D eigenvalue weighted by Gasteiger charge is -2.29. The first-order valence-corrected chi connectivity index (χ1v) is 11.2. The molecule has 0 aromatic heterocycles.